The number of carbonyl (C=O) groups excluding carboxylic acids is 1. The zero-order valence-electron chi connectivity index (χ0n) is 14.8. The highest BCUT2D eigenvalue weighted by Crippen LogP contribution is 2.31. The van der Waals surface area contributed by atoms with Gasteiger partial charge in [0.05, 0.1) is 17.3 Å². The summed E-state index contributed by atoms with van der Waals surface area (Å²) >= 11 is 0. The Morgan fingerprint density at radius 1 is 1.04 bits per heavy atom. The van der Waals surface area contributed by atoms with Crippen molar-refractivity contribution >= 4 is 22.6 Å². The summed E-state index contributed by atoms with van der Waals surface area (Å²) in [6.45, 7) is 0.746. The molecule has 27 heavy (non-hydrogen) atoms. The van der Waals surface area contributed by atoms with Gasteiger partial charge in [0, 0.05) is 42.3 Å². The largest absolute Gasteiger partial charge is 0.330 e. The average molecular weight is 357 g/mol. The van der Waals surface area contributed by atoms with Crippen molar-refractivity contribution in [3.05, 3.63) is 72.4 Å². The zero-order valence-corrected chi connectivity index (χ0v) is 14.8. The summed E-state index contributed by atoms with van der Waals surface area (Å²) in [7, 11) is 0. The molecule has 4 aromatic rings. The van der Waals surface area contributed by atoms with E-state index in [4.69, 9.17) is 0 Å². The molecule has 0 unspecified atom stereocenters. The van der Waals surface area contributed by atoms with Crippen molar-refractivity contribution in [2.45, 2.75) is 25.3 Å². The minimum absolute atomic E-state index is 0.0162. The number of amides is 1. The molecule has 1 amide bonds. The fourth-order valence-electron chi connectivity index (χ4n) is 3.86. The molecule has 1 aliphatic rings. The molecule has 0 bridgehead atoms. The highest BCUT2D eigenvalue weighted by Gasteiger charge is 2.30. The Bertz CT molecular complexity index is 1140. The van der Waals surface area contributed by atoms with Gasteiger partial charge in [-0.1, -0.05) is 6.07 Å². The topological polar surface area (TPSA) is 63.4 Å². The van der Waals surface area contributed by atoms with Crippen LogP contribution in [0.4, 0.5) is 0 Å². The van der Waals surface area contributed by atoms with Gasteiger partial charge >= 0.3 is 0 Å². The van der Waals surface area contributed by atoms with E-state index in [1.807, 2.05) is 58.1 Å². The van der Waals surface area contributed by atoms with E-state index in [1.54, 1.807) is 12.4 Å². The number of hydrogen-bond donors (Lipinski definition) is 0. The van der Waals surface area contributed by atoms with Crippen molar-refractivity contribution in [2.24, 2.45) is 0 Å². The number of hydrogen-bond acceptors (Lipinski definition) is 4. The van der Waals surface area contributed by atoms with E-state index in [0.29, 0.717) is 11.3 Å². The number of likely N-dealkylation sites (tertiary alicyclic amines) is 1. The number of rotatable bonds is 2. The second-order valence-electron chi connectivity index (χ2n) is 6.91. The lowest BCUT2D eigenvalue weighted by molar-refractivity contribution is 0.0606. The van der Waals surface area contributed by atoms with Crippen LogP contribution in [0.3, 0.4) is 0 Å². The number of nitrogens with zero attached hydrogens (tertiary/aromatic N) is 5. The van der Waals surface area contributed by atoms with E-state index >= 15 is 0 Å². The van der Waals surface area contributed by atoms with Gasteiger partial charge in [0.2, 0.25) is 5.78 Å². The standard InChI is InChI=1S/C21H19N5O/c27-20(16-6-7-17-15(14-16)4-3-9-22-17)26-11-2-1-5-19(26)18-8-12-25-13-10-23-21(25)24-18/h3-4,6-10,12-14,19H,1-2,5,11H2/t19-/m0/s1. The van der Waals surface area contributed by atoms with Crippen LogP contribution in [0.25, 0.3) is 16.7 Å². The lowest BCUT2D eigenvalue weighted by Crippen LogP contribution is -2.39. The molecular weight excluding hydrogens is 338 g/mol. The Morgan fingerprint density at radius 3 is 2.96 bits per heavy atom. The number of imidazole rings is 1. The summed E-state index contributed by atoms with van der Waals surface area (Å²) in [5.41, 5.74) is 2.50. The first kappa shape index (κ1) is 15.9. The van der Waals surface area contributed by atoms with E-state index in [2.05, 4.69) is 15.0 Å². The molecule has 1 fully saturated rings. The Kier molecular flexibility index (Phi) is 3.81. The molecule has 0 radical (unpaired) electrons. The van der Waals surface area contributed by atoms with Crippen LogP contribution in [0.2, 0.25) is 0 Å². The van der Waals surface area contributed by atoms with Gasteiger partial charge in [-0.25, -0.2) is 9.97 Å². The smallest absolute Gasteiger partial charge is 0.254 e. The molecule has 134 valence electrons. The first-order chi connectivity index (χ1) is 13.3. The molecule has 4 heterocycles. The second kappa shape index (κ2) is 6.46. The molecule has 0 N–H and O–H groups in total. The molecule has 0 aliphatic carbocycles. The summed E-state index contributed by atoms with van der Waals surface area (Å²) in [6.07, 6.45) is 10.4. The van der Waals surface area contributed by atoms with Gasteiger partial charge in [-0.3, -0.25) is 14.2 Å². The summed E-state index contributed by atoms with van der Waals surface area (Å²) in [5, 5.41) is 0.980. The van der Waals surface area contributed by atoms with Gasteiger partial charge in [0.1, 0.15) is 0 Å². The van der Waals surface area contributed by atoms with Gasteiger partial charge in [0.25, 0.3) is 5.91 Å². The monoisotopic (exact) mass is 357 g/mol. The second-order valence-corrected chi connectivity index (χ2v) is 6.91. The third-order valence-electron chi connectivity index (χ3n) is 5.24. The molecule has 1 aliphatic heterocycles. The summed E-state index contributed by atoms with van der Waals surface area (Å²) in [4.78, 5) is 28.6. The average Bonchev–Trinajstić information content (AvgIpc) is 3.21. The maximum Gasteiger partial charge on any atom is 0.254 e. The van der Waals surface area contributed by atoms with E-state index < -0.39 is 0 Å². The van der Waals surface area contributed by atoms with Crippen LogP contribution in [0.1, 0.15) is 41.4 Å². The van der Waals surface area contributed by atoms with Crippen LogP contribution in [0.15, 0.2) is 61.2 Å². The lowest BCUT2D eigenvalue weighted by Gasteiger charge is -2.35. The van der Waals surface area contributed by atoms with Gasteiger partial charge < -0.3 is 4.90 Å². The van der Waals surface area contributed by atoms with Crippen LogP contribution >= 0.6 is 0 Å². The number of piperidine rings is 1. The minimum Gasteiger partial charge on any atom is -0.330 e. The molecule has 1 saturated heterocycles. The highest BCUT2D eigenvalue weighted by molar-refractivity contribution is 5.98. The first-order valence-electron chi connectivity index (χ1n) is 9.25. The predicted molar refractivity (Wildman–Crippen MR) is 102 cm³/mol. The zero-order chi connectivity index (χ0) is 18.2. The van der Waals surface area contributed by atoms with Crippen LogP contribution in [0.5, 0.6) is 0 Å². The Hall–Kier alpha value is -3.28. The summed E-state index contributed by atoms with van der Waals surface area (Å²) in [6, 6.07) is 11.6. The summed E-state index contributed by atoms with van der Waals surface area (Å²) in [5.74, 6) is 0.720. The molecule has 0 saturated carbocycles. The van der Waals surface area contributed by atoms with Crippen LogP contribution in [-0.4, -0.2) is 36.7 Å². The van der Waals surface area contributed by atoms with E-state index in [9.17, 15) is 4.79 Å². The maximum absolute atomic E-state index is 13.3. The van der Waals surface area contributed by atoms with Crippen LogP contribution < -0.4 is 0 Å². The molecule has 1 atom stereocenters. The number of pyridine rings is 1. The van der Waals surface area contributed by atoms with E-state index in [-0.39, 0.29) is 11.9 Å². The Labute approximate surface area is 156 Å². The maximum atomic E-state index is 13.3. The minimum atomic E-state index is -0.0162. The van der Waals surface area contributed by atoms with Crippen molar-refractivity contribution in [3.8, 4) is 0 Å². The normalized spacial score (nSPS) is 17.5. The molecule has 5 rings (SSSR count). The Balaban J connectivity index is 1.51. The van der Waals surface area contributed by atoms with Crippen molar-refractivity contribution in [1.29, 1.82) is 0 Å². The van der Waals surface area contributed by atoms with Gasteiger partial charge in [0.15, 0.2) is 0 Å². The van der Waals surface area contributed by atoms with Crippen LogP contribution in [-0.2, 0) is 0 Å². The van der Waals surface area contributed by atoms with Crippen molar-refractivity contribution < 1.29 is 4.79 Å². The SMILES string of the molecule is O=C(c1ccc2ncccc2c1)N1CCCC[C@H]1c1ccn2ccnc2n1. The Morgan fingerprint density at radius 2 is 2.00 bits per heavy atom. The van der Waals surface area contributed by atoms with Gasteiger partial charge in [-0.15, -0.1) is 0 Å². The number of carbonyl (C=O) groups is 1. The van der Waals surface area contributed by atoms with Gasteiger partial charge in [-0.2, -0.15) is 0 Å². The summed E-state index contributed by atoms with van der Waals surface area (Å²) < 4.78 is 1.88. The first-order valence-corrected chi connectivity index (χ1v) is 9.25. The fraction of sp³-hybridized carbons (Fsp3) is 0.238. The molecule has 1 aromatic carbocycles. The van der Waals surface area contributed by atoms with Crippen molar-refractivity contribution in [1.82, 2.24) is 24.3 Å². The molecule has 3 aromatic heterocycles. The quantitative estimate of drug-likeness (QED) is 0.549. The van der Waals surface area contributed by atoms with Crippen LogP contribution in [0, 0.1) is 0 Å². The van der Waals surface area contributed by atoms with Crippen molar-refractivity contribution in [2.75, 3.05) is 6.54 Å². The molecule has 6 nitrogen and oxygen atoms in total. The number of aromatic nitrogens is 4. The van der Waals surface area contributed by atoms with Crippen molar-refractivity contribution in [3.63, 3.8) is 0 Å². The van der Waals surface area contributed by atoms with E-state index in [0.717, 1.165) is 42.4 Å². The predicted octanol–water partition coefficient (Wildman–Crippen LogP) is 3.64. The lowest BCUT2D eigenvalue weighted by atomic mass is 9.97. The molecule has 6 heteroatoms. The number of fused-ring (bicyclic) bond motifs is 2. The number of benzene rings is 1. The molecular formula is C21H19N5O. The molecule has 0 spiro atoms. The third kappa shape index (κ3) is 2.83. The third-order valence-corrected chi connectivity index (χ3v) is 5.24. The van der Waals surface area contributed by atoms with E-state index in [1.165, 1.54) is 0 Å². The van der Waals surface area contributed by atoms with Gasteiger partial charge in [-0.05, 0) is 49.6 Å². The fourth-order valence-corrected chi connectivity index (χ4v) is 3.86. The highest BCUT2D eigenvalue weighted by atomic mass is 16.2.